The van der Waals surface area contributed by atoms with Crippen molar-refractivity contribution in [2.45, 2.75) is 25.9 Å². The highest BCUT2D eigenvalue weighted by Gasteiger charge is 2.33. The van der Waals surface area contributed by atoms with Gasteiger partial charge in [-0.15, -0.1) is 0 Å². The molecular weight excluding hydrogens is 313 g/mol. The molecule has 0 atom stereocenters. The normalized spacial score (nSPS) is 11.3. The first-order valence-corrected chi connectivity index (χ1v) is 7.32. The molecule has 0 aliphatic rings. The van der Waals surface area contributed by atoms with E-state index >= 15 is 0 Å². The van der Waals surface area contributed by atoms with Crippen LogP contribution in [0.3, 0.4) is 0 Å². The van der Waals surface area contributed by atoms with E-state index in [1.54, 1.807) is 0 Å². The number of benzene rings is 1. The fourth-order valence-electron chi connectivity index (χ4n) is 1.81. The van der Waals surface area contributed by atoms with Crippen LogP contribution in [0, 0.1) is 0 Å². The van der Waals surface area contributed by atoms with Crippen molar-refractivity contribution >= 4 is 17.3 Å². The summed E-state index contributed by atoms with van der Waals surface area (Å²) in [5.41, 5.74) is -1.02. The van der Waals surface area contributed by atoms with Crippen molar-refractivity contribution in [1.29, 1.82) is 0 Å². The van der Waals surface area contributed by atoms with Crippen LogP contribution in [-0.2, 0) is 15.7 Å². The maximum atomic E-state index is 13.0. The Bertz CT molecular complexity index is 507. The topological polar surface area (TPSA) is 70.6 Å². The molecule has 1 amide bonds. The number of carbonyl (C=O) groups excluding carboxylic acids is 1. The maximum Gasteiger partial charge on any atom is 0.418 e. The Kier molecular flexibility index (Phi) is 7.84. The summed E-state index contributed by atoms with van der Waals surface area (Å²) in [7, 11) is 0. The quantitative estimate of drug-likeness (QED) is 0.607. The van der Waals surface area contributed by atoms with Crippen molar-refractivity contribution in [2.24, 2.45) is 0 Å². The van der Waals surface area contributed by atoms with Crippen molar-refractivity contribution in [1.82, 2.24) is 0 Å². The molecule has 0 unspecified atom stereocenters. The van der Waals surface area contributed by atoms with Gasteiger partial charge in [0.1, 0.15) is 6.61 Å². The summed E-state index contributed by atoms with van der Waals surface area (Å²) >= 11 is 0. The van der Waals surface area contributed by atoms with Gasteiger partial charge in [-0.1, -0.05) is 13.3 Å². The second kappa shape index (κ2) is 9.36. The van der Waals surface area contributed by atoms with Crippen LogP contribution >= 0.6 is 0 Å². The van der Waals surface area contributed by atoms with Crippen LogP contribution in [0.25, 0.3) is 0 Å². The number of unbranched alkanes of at least 4 members (excludes halogenated alkanes) is 1. The Morgan fingerprint density at radius 2 is 2.09 bits per heavy atom. The van der Waals surface area contributed by atoms with Crippen LogP contribution in [0.2, 0.25) is 0 Å². The van der Waals surface area contributed by atoms with Gasteiger partial charge in [-0.25, -0.2) is 0 Å². The molecule has 23 heavy (non-hydrogen) atoms. The smallest absolute Gasteiger partial charge is 0.395 e. The molecule has 0 aliphatic carbocycles. The number of alkyl halides is 3. The van der Waals surface area contributed by atoms with Gasteiger partial charge < -0.3 is 20.5 Å². The standard InChI is InChI=1S/C15H21F3N2O3/c1-2-3-8-23-10-14(22)20-11-4-5-13(19-6-7-21)12(9-11)15(16,17)18/h4-5,9,19,21H,2-3,6-8,10H2,1H3,(H,20,22). The molecule has 0 bridgehead atoms. The van der Waals surface area contributed by atoms with E-state index in [4.69, 9.17) is 9.84 Å². The molecule has 0 radical (unpaired) electrons. The number of hydrogen-bond acceptors (Lipinski definition) is 4. The minimum absolute atomic E-state index is 0.0000539. The lowest BCUT2D eigenvalue weighted by molar-refractivity contribution is -0.137. The highest BCUT2D eigenvalue weighted by atomic mass is 19.4. The van der Waals surface area contributed by atoms with Gasteiger partial charge in [0.25, 0.3) is 0 Å². The second-order valence-electron chi connectivity index (χ2n) is 4.86. The third kappa shape index (κ3) is 6.87. The number of carbonyl (C=O) groups is 1. The number of nitrogens with one attached hydrogen (secondary N) is 2. The van der Waals surface area contributed by atoms with E-state index in [2.05, 4.69) is 10.6 Å². The molecule has 8 heteroatoms. The molecule has 1 rings (SSSR count). The Morgan fingerprint density at radius 1 is 1.35 bits per heavy atom. The molecule has 3 N–H and O–H groups in total. The monoisotopic (exact) mass is 334 g/mol. The van der Waals surface area contributed by atoms with E-state index in [0.29, 0.717) is 6.61 Å². The Hall–Kier alpha value is -1.80. The largest absolute Gasteiger partial charge is 0.418 e. The number of aliphatic hydroxyl groups is 1. The van der Waals surface area contributed by atoms with Gasteiger partial charge in [0.15, 0.2) is 0 Å². The summed E-state index contributed by atoms with van der Waals surface area (Å²) in [6.45, 7) is 1.92. The van der Waals surface area contributed by atoms with Gasteiger partial charge in [0, 0.05) is 24.5 Å². The fourth-order valence-corrected chi connectivity index (χ4v) is 1.81. The van der Waals surface area contributed by atoms with Crippen molar-refractivity contribution in [3.05, 3.63) is 23.8 Å². The second-order valence-corrected chi connectivity index (χ2v) is 4.86. The van der Waals surface area contributed by atoms with E-state index in [1.807, 2.05) is 6.92 Å². The lowest BCUT2D eigenvalue weighted by Crippen LogP contribution is -2.19. The van der Waals surface area contributed by atoms with Crippen LogP contribution in [-0.4, -0.2) is 37.4 Å². The van der Waals surface area contributed by atoms with Gasteiger partial charge in [-0.05, 0) is 24.6 Å². The SMILES string of the molecule is CCCCOCC(=O)Nc1ccc(NCCO)c(C(F)(F)F)c1. The average Bonchev–Trinajstić information content (AvgIpc) is 2.49. The van der Waals surface area contributed by atoms with Crippen LogP contribution in [0.15, 0.2) is 18.2 Å². The molecule has 1 aromatic carbocycles. The highest BCUT2D eigenvalue weighted by Crippen LogP contribution is 2.36. The van der Waals surface area contributed by atoms with Crippen molar-refractivity contribution in [3.8, 4) is 0 Å². The molecule has 0 aliphatic heterocycles. The van der Waals surface area contributed by atoms with Crippen LogP contribution in [0.5, 0.6) is 0 Å². The first kappa shape index (κ1) is 19.2. The van der Waals surface area contributed by atoms with Gasteiger partial charge in [0.2, 0.25) is 5.91 Å². The third-order valence-corrected chi connectivity index (χ3v) is 2.91. The molecule has 0 saturated heterocycles. The zero-order valence-electron chi connectivity index (χ0n) is 12.9. The molecule has 0 fully saturated rings. The zero-order chi connectivity index (χ0) is 17.3. The number of halogens is 3. The summed E-state index contributed by atoms with van der Waals surface area (Å²) in [6.07, 6.45) is -2.83. The summed E-state index contributed by atoms with van der Waals surface area (Å²) in [4.78, 5) is 11.6. The van der Waals surface area contributed by atoms with Crippen LogP contribution < -0.4 is 10.6 Å². The molecule has 0 spiro atoms. The Morgan fingerprint density at radius 3 is 2.70 bits per heavy atom. The van der Waals surface area contributed by atoms with E-state index < -0.39 is 17.6 Å². The molecule has 0 heterocycles. The zero-order valence-corrected chi connectivity index (χ0v) is 12.9. The predicted octanol–water partition coefficient (Wildman–Crippen LogP) is 2.86. The number of amides is 1. The molecular formula is C15H21F3N2O3. The van der Waals surface area contributed by atoms with Crippen molar-refractivity contribution < 1.29 is 27.8 Å². The Labute approximate surface area is 132 Å². The lowest BCUT2D eigenvalue weighted by atomic mass is 10.1. The molecule has 130 valence electrons. The molecule has 0 saturated carbocycles. The van der Waals surface area contributed by atoms with Crippen molar-refractivity contribution in [2.75, 3.05) is 37.0 Å². The van der Waals surface area contributed by atoms with E-state index in [1.165, 1.54) is 12.1 Å². The van der Waals surface area contributed by atoms with Crippen LogP contribution in [0.1, 0.15) is 25.3 Å². The highest BCUT2D eigenvalue weighted by molar-refractivity contribution is 5.92. The van der Waals surface area contributed by atoms with Crippen molar-refractivity contribution in [3.63, 3.8) is 0 Å². The minimum atomic E-state index is -4.57. The van der Waals surface area contributed by atoms with E-state index in [-0.39, 0.29) is 31.1 Å². The number of aliphatic hydroxyl groups excluding tert-OH is 1. The van der Waals surface area contributed by atoms with E-state index in [0.717, 1.165) is 18.9 Å². The summed E-state index contributed by atoms with van der Waals surface area (Å²) in [6, 6.07) is 3.43. The molecule has 0 aromatic heterocycles. The minimum Gasteiger partial charge on any atom is -0.395 e. The number of anilines is 2. The predicted molar refractivity (Wildman–Crippen MR) is 81.4 cm³/mol. The summed E-state index contributed by atoms with van der Waals surface area (Å²) in [5.74, 6) is -0.509. The van der Waals surface area contributed by atoms with E-state index in [9.17, 15) is 18.0 Å². The number of hydrogen-bond donors (Lipinski definition) is 3. The first-order chi connectivity index (χ1) is 10.9. The summed E-state index contributed by atoms with van der Waals surface area (Å²) in [5, 5.41) is 13.6. The first-order valence-electron chi connectivity index (χ1n) is 7.32. The van der Waals surface area contributed by atoms with Gasteiger partial charge in [-0.3, -0.25) is 4.79 Å². The average molecular weight is 334 g/mol. The summed E-state index contributed by atoms with van der Waals surface area (Å²) < 4.78 is 44.2. The lowest BCUT2D eigenvalue weighted by Gasteiger charge is -2.16. The number of rotatable bonds is 9. The third-order valence-electron chi connectivity index (χ3n) is 2.91. The Balaban J connectivity index is 2.74. The van der Waals surface area contributed by atoms with Crippen LogP contribution in [0.4, 0.5) is 24.5 Å². The fraction of sp³-hybridized carbons (Fsp3) is 0.533. The molecule has 5 nitrogen and oxygen atoms in total. The molecule has 1 aromatic rings. The maximum absolute atomic E-state index is 13.0. The number of ether oxygens (including phenoxy) is 1. The van der Waals surface area contributed by atoms with Gasteiger partial charge in [0.05, 0.1) is 12.2 Å². The van der Waals surface area contributed by atoms with Gasteiger partial charge in [-0.2, -0.15) is 13.2 Å². The van der Waals surface area contributed by atoms with Gasteiger partial charge >= 0.3 is 6.18 Å².